The molecular formula is C23H30N2O5. The van der Waals surface area contributed by atoms with Gasteiger partial charge in [-0.2, -0.15) is 0 Å². The lowest BCUT2D eigenvalue weighted by atomic mass is 9.89. The molecule has 7 heteroatoms. The molecule has 2 aliphatic carbocycles. The van der Waals surface area contributed by atoms with E-state index in [0.29, 0.717) is 40.3 Å². The monoisotopic (exact) mass is 414 g/mol. The van der Waals surface area contributed by atoms with Crippen LogP contribution in [0.25, 0.3) is 11.1 Å². The summed E-state index contributed by atoms with van der Waals surface area (Å²) in [6.07, 6.45) is 4.22. The van der Waals surface area contributed by atoms with E-state index in [1.54, 1.807) is 18.2 Å². The number of carbonyl (C=O) groups excluding carboxylic acids is 2. The fourth-order valence-electron chi connectivity index (χ4n) is 4.11. The number of ether oxygens (including phenoxy) is 2. The van der Waals surface area contributed by atoms with Crippen LogP contribution in [0.5, 0.6) is 0 Å². The van der Waals surface area contributed by atoms with Gasteiger partial charge in [-0.1, -0.05) is 0 Å². The van der Waals surface area contributed by atoms with Crippen molar-refractivity contribution in [3.05, 3.63) is 29.7 Å². The molecule has 1 N–H and O–H groups in total. The third-order valence-electron chi connectivity index (χ3n) is 5.66. The molecule has 7 nitrogen and oxygen atoms in total. The summed E-state index contributed by atoms with van der Waals surface area (Å²) < 4.78 is 16.5. The van der Waals surface area contributed by atoms with Crippen LogP contribution in [0.4, 0.5) is 4.79 Å². The molecule has 1 atom stereocenters. The van der Waals surface area contributed by atoms with Crippen LogP contribution in [0, 0.1) is 17.8 Å². The molecule has 30 heavy (non-hydrogen) atoms. The fourth-order valence-corrected chi connectivity index (χ4v) is 4.11. The third kappa shape index (κ3) is 4.83. The van der Waals surface area contributed by atoms with Crippen molar-refractivity contribution in [1.29, 1.82) is 0 Å². The summed E-state index contributed by atoms with van der Waals surface area (Å²) in [4.78, 5) is 29.4. The quantitative estimate of drug-likeness (QED) is 0.632. The second-order valence-corrected chi connectivity index (χ2v) is 9.47. The highest BCUT2D eigenvalue weighted by atomic mass is 16.6. The molecule has 2 fully saturated rings. The molecule has 0 unspecified atom stereocenters. The summed E-state index contributed by atoms with van der Waals surface area (Å²) in [5.74, 6) is 1.81. The van der Waals surface area contributed by atoms with Gasteiger partial charge in [0.15, 0.2) is 11.4 Å². The minimum absolute atomic E-state index is 0.0183. The molecule has 0 saturated heterocycles. The molecule has 162 valence electrons. The summed E-state index contributed by atoms with van der Waals surface area (Å²) in [5.41, 5.74) is 1.15. The molecule has 0 aliphatic heterocycles. The van der Waals surface area contributed by atoms with E-state index in [1.807, 2.05) is 20.8 Å². The zero-order valence-corrected chi connectivity index (χ0v) is 18.1. The molecule has 2 aromatic rings. The highest BCUT2D eigenvalue weighted by Gasteiger charge is 2.48. The van der Waals surface area contributed by atoms with E-state index >= 15 is 0 Å². The maximum atomic E-state index is 12.6. The Labute approximate surface area is 176 Å². The Morgan fingerprint density at radius 3 is 2.43 bits per heavy atom. The molecule has 0 radical (unpaired) electrons. The van der Waals surface area contributed by atoms with E-state index < -0.39 is 11.7 Å². The van der Waals surface area contributed by atoms with Crippen molar-refractivity contribution in [3.63, 3.8) is 0 Å². The minimum atomic E-state index is -0.582. The lowest BCUT2D eigenvalue weighted by molar-refractivity contribution is 0.0461. The summed E-state index contributed by atoms with van der Waals surface area (Å²) in [6, 6.07) is 4.85. The lowest BCUT2D eigenvalue weighted by Crippen LogP contribution is -2.39. The van der Waals surface area contributed by atoms with Gasteiger partial charge in [-0.15, -0.1) is 0 Å². The van der Waals surface area contributed by atoms with Gasteiger partial charge in [0.05, 0.1) is 0 Å². The van der Waals surface area contributed by atoms with Gasteiger partial charge < -0.3 is 19.2 Å². The van der Waals surface area contributed by atoms with Gasteiger partial charge in [0.25, 0.3) is 0 Å². The summed E-state index contributed by atoms with van der Waals surface area (Å²) in [7, 11) is 1.49. The topological polar surface area (TPSA) is 90.7 Å². The number of hydrogen-bond acceptors (Lipinski definition) is 6. The van der Waals surface area contributed by atoms with Crippen LogP contribution in [0.2, 0.25) is 0 Å². The Balaban J connectivity index is 1.64. The number of nitrogens with one attached hydrogen (secondary N) is 1. The van der Waals surface area contributed by atoms with Crippen LogP contribution in [-0.2, 0) is 9.47 Å². The van der Waals surface area contributed by atoms with Crippen molar-refractivity contribution in [1.82, 2.24) is 10.3 Å². The summed E-state index contributed by atoms with van der Waals surface area (Å²) >= 11 is 0. The number of aromatic nitrogens is 1. The predicted octanol–water partition coefficient (Wildman–Crippen LogP) is 4.66. The van der Waals surface area contributed by atoms with Crippen molar-refractivity contribution in [2.75, 3.05) is 13.7 Å². The first-order chi connectivity index (χ1) is 14.2. The molecule has 1 amide bonds. The van der Waals surface area contributed by atoms with E-state index in [9.17, 15) is 9.59 Å². The second-order valence-electron chi connectivity index (χ2n) is 9.47. The number of rotatable bonds is 8. The van der Waals surface area contributed by atoms with Gasteiger partial charge in [0.2, 0.25) is 5.89 Å². The van der Waals surface area contributed by atoms with Gasteiger partial charge in [-0.05, 0) is 82.4 Å². The molecule has 1 aromatic carbocycles. The number of carbonyl (C=O) groups is 2. The second kappa shape index (κ2) is 8.02. The number of benzene rings is 1. The Bertz CT molecular complexity index is 925. The number of ketones is 1. The van der Waals surface area contributed by atoms with Gasteiger partial charge in [0.1, 0.15) is 23.8 Å². The van der Waals surface area contributed by atoms with Crippen LogP contribution >= 0.6 is 0 Å². The van der Waals surface area contributed by atoms with Crippen molar-refractivity contribution >= 4 is 23.0 Å². The molecule has 0 bridgehead atoms. The maximum absolute atomic E-state index is 12.6. The first kappa shape index (κ1) is 20.8. The number of Topliss-reactive ketones (excluding diaryl/α,β-unsaturated/α-hetero) is 1. The highest BCUT2D eigenvalue weighted by Crippen LogP contribution is 2.54. The van der Waals surface area contributed by atoms with E-state index in [2.05, 4.69) is 10.3 Å². The van der Waals surface area contributed by atoms with Crippen LogP contribution in [0.1, 0.15) is 68.7 Å². The number of nitrogens with zero attached hydrogens (tertiary/aromatic N) is 1. The maximum Gasteiger partial charge on any atom is 0.408 e. The first-order valence-electron chi connectivity index (χ1n) is 10.7. The van der Waals surface area contributed by atoms with Crippen molar-refractivity contribution in [2.45, 2.75) is 58.1 Å². The van der Waals surface area contributed by atoms with Gasteiger partial charge in [-0.3, -0.25) is 4.79 Å². The highest BCUT2D eigenvalue weighted by molar-refractivity contribution is 5.99. The van der Waals surface area contributed by atoms with Gasteiger partial charge >= 0.3 is 6.09 Å². The third-order valence-corrected chi connectivity index (χ3v) is 5.66. The fraction of sp³-hybridized carbons (Fsp3) is 0.609. The molecular weight excluding hydrogens is 384 g/mol. The van der Waals surface area contributed by atoms with Gasteiger partial charge in [-0.25, -0.2) is 9.78 Å². The lowest BCUT2D eigenvalue weighted by Gasteiger charge is -2.27. The molecule has 0 spiro atoms. The Morgan fingerprint density at radius 2 is 1.87 bits per heavy atom. The first-order valence-corrected chi connectivity index (χ1v) is 10.7. The predicted molar refractivity (Wildman–Crippen MR) is 111 cm³/mol. The Kier molecular flexibility index (Phi) is 5.57. The average molecular weight is 415 g/mol. The smallest absolute Gasteiger partial charge is 0.408 e. The number of fused-ring (bicyclic) bond motifs is 1. The zero-order valence-electron chi connectivity index (χ0n) is 18.1. The normalized spacial score (nSPS) is 17.9. The van der Waals surface area contributed by atoms with Crippen LogP contribution in [0.15, 0.2) is 22.6 Å². The Hall–Kier alpha value is -2.41. The minimum Gasteiger partial charge on any atom is -0.444 e. The molecule has 1 heterocycles. The van der Waals surface area contributed by atoms with E-state index in [0.717, 1.165) is 0 Å². The van der Waals surface area contributed by atoms with E-state index in [1.165, 1.54) is 32.8 Å². The van der Waals surface area contributed by atoms with E-state index in [4.69, 9.17) is 13.9 Å². The number of hydrogen-bond donors (Lipinski definition) is 1. The molecule has 2 saturated carbocycles. The summed E-state index contributed by atoms with van der Waals surface area (Å²) in [6.45, 7) is 5.56. The van der Waals surface area contributed by atoms with Crippen LogP contribution in [-0.4, -0.2) is 36.2 Å². The number of amides is 1. The standard InChI is InChI=1S/C23H30N2O5/c1-23(2,3)30-22(27)25-20(19(13-5-6-13)14-7-8-14)21-24-16-11-15(17(26)12-28-4)9-10-18(16)29-21/h9-11,13-14,19-20H,5-8,12H2,1-4H3,(H,25,27)/t20-/m0/s1. The van der Waals surface area contributed by atoms with Crippen LogP contribution < -0.4 is 5.32 Å². The summed E-state index contributed by atoms with van der Waals surface area (Å²) in [5, 5.41) is 3.05. The van der Waals surface area contributed by atoms with E-state index in [-0.39, 0.29) is 18.4 Å². The van der Waals surface area contributed by atoms with Crippen molar-refractivity contribution in [2.24, 2.45) is 17.8 Å². The average Bonchev–Trinajstić information content (AvgIpc) is 3.58. The number of alkyl carbamates (subject to hydrolysis) is 1. The van der Waals surface area contributed by atoms with Crippen molar-refractivity contribution < 1.29 is 23.5 Å². The van der Waals surface area contributed by atoms with Crippen molar-refractivity contribution in [3.8, 4) is 0 Å². The molecule has 4 rings (SSSR count). The van der Waals surface area contributed by atoms with Gasteiger partial charge in [0, 0.05) is 12.7 Å². The largest absolute Gasteiger partial charge is 0.444 e. The van der Waals surface area contributed by atoms with Crippen LogP contribution in [0.3, 0.4) is 0 Å². The number of methoxy groups -OCH3 is 1. The zero-order chi connectivity index (χ0) is 21.5. The molecule has 1 aromatic heterocycles. The Morgan fingerprint density at radius 1 is 1.20 bits per heavy atom. The number of oxazole rings is 1. The SMILES string of the molecule is COCC(=O)c1ccc2oc([C@@H](NC(=O)OC(C)(C)C)C(C3CC3)C3CC3)nc2c1. The molecule has 2 aliphatic rings.